The van der Waals surface area contributed by atoms with Gasteiger partial charge in [0.2, 0.25) is 0 Å². The van der Waals surface area contributed by atoms with E-state index >= 15 is 0 Å². The van der Waals surface area contributed by atoms with E-state index in [0.29, 0.717) is 23.8 Å². The Balaban J connectivity index is 1.39. The molecule has 31 heavy (non-hydrogen) atoms. The van der Waals surface area contributed by atoms with E-state index < -0.39 is 0 Å². The Morgan fingerprint density at radius 1 is 0.839 bits per heavy atom. The molecule has 0 radical (unpaired) electrons. The molecule has 2 aliphatic rings. The van der Waals surface area contributed by atoms with Gasteiger partial charge in [-0.3, -0.25) is 4.39 Å². The Hall–Kier alpha value is -1.09. The third-order valence-corrected chi connectivity index (χ3v) is 7.79. The molecular weight excluding hydrogens is 411 g/mol. The molecule has 0 bridgehead atoms. The predicted molar refractivity (Wildman–Crippen MR) is 127 cm³/mol. The van der Waals surface area contributed by atoms with Crippen molar-refractivity contribution in [3.05, 3.63) is 35.4 Å². The van der Waals surface area contributed by atoms with Crippen LogP contribution in [0.15, 0.2) is 24.3 Å². The first-order valence-electron chi connectivity index (χ1n) is 12.6. The smallest absolute Gasteiger partial charge is 0.338 e. The van der Waals surface area contributed by atoms with Crippen LogP contribution in [-0.2, 0) is 4.74 Å². The molecule has 0 amide bonds. The molecule has 0 heterocycles. The van der Waals surface area contributed by atoms with Gasteiger partial charge in [0.15, 0.2) is 0 Å². The summed E-state index contributed by atoms with van der Waals surface area (Å²) in [5.41, 5.74) is 2.04. The Morgan fingerprint density at radius 3 is 2.00 bits per heavy atom. The van der Waals surface area contributed by atoms with Crippen LogP contribution >= 0.6 is 11.6 Å². The quantitative estimate of drug-likeness (QED) is 0.193. The Morgan fingerprint density at radius 2 is 1.42 bits per heavy atom. The van der Waals surface area contributed by atoms with Crippen LogP contribution in [0, 0.1) is 11.8 Å². The minimum absolute atomic E-state index is 0.0404. The Kier molecular flexibility index (Phi) is 10.7. The van der Waals surface area contributed by atoms with Gasteiger partial charge in [0.1, 0.15) is 6.10 Å². The van der Waals surface area contributed by atoms with Crippen LogP contribution < -0.4 is 0 Å². The van der Waals surface area contributed by atoms with Gasteiger partial charge in [-0.25, -0.2) is 4.79 Å². The fourth-order valence-corrected chi connectivity index (χ4v) is 5.68. The first kappa shape index (κ1) is 24.6. The third-order valence-electron chi connectivity index (χ3n) is 7.52. The Labute approximate surface area is 193 Å². The summed E-state index contributed by atoms with van der Waals surface area (Å²) in [5.74, 6) is 2.77. The minimum atomic E-state index is -0.206. The lowest BCUT2D eigenvalue weighted by atomic mass is 9.77. The summed E-state index contributed by atoms with van der Waals surface area (Å²) in [7, 11) is 0. The summed E-state index contributed by atoms with van der Waals surface area (Å²) in [4.78, 5) is 12.6. The fraction of sp³-hybridized carbons (Fsp3) is 0.741. The predicted octanol–water partition coefficient (Wildman–Crippen LogP) is 8.22. The molecule has 0 aromatic heterocycles. The van der Waals surface area contributed by atoms with Crippen molar-refractivity contribution in [2.45, 2.75) is 102 Å². The van der Waals surface area contributed by atoms with Gasteiger partial charge in [0.25, 0.3) is 0 Å². The molecule has 0 unspecified atom stereocenters. The molecule has 0 atom stereocenters. The topological polar surface area (TPSA) is 26.3 Å². The number of rotatable bonds is 11. The van der Waals surface area contributed by atoms with Crippen molar-refractivity contribution in [2.24, 2.45) is 11.8 Å². The molecular formula is C27H40ClFO2. The van der Waals surface area contributed by atoms with Crippen LogP contribution in [0.2, 0.25) is 0 Å². The van der Waals surface area contributed by atoms with Crippen molar-refractivity contribution >= 4 is 17.6 Å². The maximum Gasteiger partial charge on any atom is 0.338 e. The molecule has 2 fully saturated rings. The van der Waals surface area contributed by atoms with Gasteiger partial charge in [-0.05, 0) is 99.7 Å². The van der Waals surface area contributed by atoms with Crippen molar-refractivity contribution < 1.29 is 13.9 Å². The van der Waals surface area contributed by atoms with Gasteiger partial charge in [-0.15, -0.1) is 11.6 Å². The minimum Gasteiger partial charge on any atom is -0.459 e. The molecule has 3 rings (SSSR count). The number of ether oxygens (including phenoxy) is 1. The number of benzene rings is 1. The number of carbonyl (C=O) groups excluding carboxylic acids is 1. The maximum absolute atomic E-state index is 12.6. The Bertz CT molecular complexity index is 631. The van der Waals surface area contributed by atoms with Gasteiger partial charge in [-0.2, -0.15) is 0 Å². The fourth-order valence-electron chi connectivity index (χ4n) is 5.49. The molecule has 1 aromatic rings. The average molecular weight is 451 g/mol. The van der Waals surface area contributed by atoms with Crippen LogP contribution in [0.25, 0.3) is 0 Å². The lowest BCUT2D eigenvalue weighted by Crippen LogP contribution is -2.24. The molecule has 4 heteroatoms. The van der Waals surface area contributed by atoms with E-state index in [1.54, 1.807) is 0 Å². The zero-order chi connectivity index (χ0) is 21.9. The monoisotopic (exact) mass is 450 g/mol. The van der Waals surface area contributed by atoms with Crippen molar-refractivity contribution in [1.29, 1.82) is 0 Å². The van der Waals surface area contributed by atoms with Gasteiger partial charge in [0.05, 0.1) is 12.2 Å². The van der Waals surface area contributed by atoms with E-state index in [9.17, 15) is 9.18 Å². The number of unbranched alkanes of at least 4 members (excludes halogenated alkanes) is 2. The second-order valence-electron chi connectivity index (χ2n) is 9.76. The number of hydrogen-bond donors (Lipinski definition) is 0. The standard InChI is InChI=1S/C27H40ClFO2/c28-19-3-1-5-21-7-11-23(12-8-21)24-13-15-25(16-14-24)27(30)31-26-17-9-22(10-18-26)6-2-4-20-29/h13-16,21-23,26H,1-12,17-20H2/t21-,22-,23-,26-. The normalized spacial score (nSPS) is 26.5. The van der Waals surface area contributed by atoms with Crippen molar-refractivity contribution in [3.8, 4) is 0 Å². The molecule has 0 N–H and O–H groups in total. The second kappa shape index (κ2) is 13.5. The van der Waals surface area contributed by atoms with Gasteiger partial charge >= 0.3 is 5.97 Å². The van der Waals surface area contributed by atoms with E-state index in [2.05, 4.69) is 12.1 Å². The summed E-state index contributed by atoms with van der Waals surface area (Å²) in [6.07, 6.45) is 15.7. The largest absolute Gasteiger partial charge is 0.459 e. The van der Waals surface area contributed by atoms with Gasteiger partial charge in [0, 0.05) is 5.88 Å². The van der Waals surface area contributed by atoms with Gasteiger partial charge < -0.3 is 4.74 Å². The summed E-state index contributed by atoms with van der Waals surface area (Å²) in [5, 5.41) is 0. The highest BCUT2D eigenvalue weighted by Crippen LogP contribution is 2.38. The molecule has 0 aliphatic heterocycles. The molecule has 0 spiro atoms. The van der Waals surface area contributed by atoms with Crippen LogP contribution in [0.4, 0.5) is 4.39 Å². The lowest BCUT2D eigenvalue weighted by molar-refractivity contribution is 0.0160. The SMILES string of the molecule is O=C(O[C@H]1CC[C@H](CCCCF)CC1)c1ccc([C@H]2CC[C@H](CCCCCl)CC2)cc1. The number of halogens is 2. The highest BCUT2D eigenvalue weighted by molar-refractivity contribution is 6.17. The molecule has 2 saturated carbocycles. The number of esters is 1. The summed E-state index contributed by atoms with van der Waals surface area (Å²) in [6, 6.07) is 8.17. The second-order valence-corrected chi connectivity index (χ2v) is 10.1. The highest BCUT2D eigenvalue weighted by Gasteiger charge is 2.25. The summed E-state index contributed by atoms with van der Waals surface area (Å²) < 4.78 is 18.0. The third kappa shape index (κ3) is 8.08. The highest BCUT2D eigenvalue weighted by atomic mass is 35.5. The molecule has 0 saturated heterocycles. The molecule has 174 valence electrons. The van der Waals surface area contributed by atoms with E-state index in [1.165, 1.54) is 44.1 Å². The number of hydrogen-bond acceptors (Lipinski definition) is 2. The van der Waals surface area contributed by atoms with Crippen LogP contribution in [0.1, 0.15) is 112 Å². The van der Waals surface area contributed by atoms with Crippen molar-refractivity contribution in [1.82, 2.24) is 0 Å². The van der Waals surface area contributed by atoms with Gasteiger partial charge in [-0.1, -0.05) is 37.8 Å². The number of carbonyl (C=O) groups is 1. The van der Waals surface area contributed by atoms with E-state index in [4.69, 9.17) is 16.3 Å². The summed E-state index contributed by atoms with van der Waals surface area (Å²) in [6.45, 7) is -0.206. The van der Waals surface area contributed by atoms with E-state index in [0.717, 1.165) is 56.7 Å². The first-order chi connectivity index (χ1) is 15.2. The average Bonchev–Trinajstić information content (AvgIpc) is 2.81. The number of alkyl halides is 2. The summed E-state index contributed by atoms with van der Waals surface area (Å²) >= 11 is 5.80. The first-order valence-corrected chi connectivity index (χ1v) is 13.2. The maximum atomic E-state index is 12.6. The van der Waals surface area contributed by atoms with Crippen LogP contribution in [-0.4, -0.2) is 24.6 Å². The molecule has 2 aliphatic carbocycles. The van der Waals surface area contributed by atoms with Crippen molar-refractivity contribution in [3.63, 3.8) is 0 Å². The van der Waals surface area contributed by atoms with E-state index in [1.807, 2.05) is 12.1 Å². The van der Waals surface area contributed by atoms with Crippen LogP contribution in [0.5, 0.6) is 0 Å². The lowest BCUT2D eigenvalue weighted by Gasteiger charge is -2.29. The van der Waals surface area contributed by atoms with Crippen molar-refractivity contribution in [2.75, 3.05) is 12.6 Å². The molecule has 1 aromatic carbocycles. The molecule has 2 nitrogen and oxygen atoms in total. The van der Waals surface area contributed by atoms with Crippen LogP contribution in [0.3, 0.4) is 0 Å². The zero-order valence-corrected chi connectivity index (χ0v) is 19.8. The van der Waals surface area contributed by atoms with E-state index in [-0.39, 0.29) is 18.7 Å². The zero-order valence-electron chi connectivity index (χ0n) is 19.0.